The standard InChI is InChI=1S/C8H11NS/c1-2-7-10-8-5-3-4-6-9-8/h3-6H,2,7H2,1H3. The maximum Gasteiger partial charge on any atom is 0.0959 e. The monoisotopic (exact) mass is 153 g/mol. The van der Waals surface area contributed by atoms with Crippen LogP contribution in [-0.2, 0) is 0 Å². The molecule has 0 saturated heterocycles. The van der Waals surface area contributed by atoms with Crippen molar-refractivity contribution in [1.29, 1.82) is 0 Å². The number of hydrogen-bond acceptors (Lipinski definition) is 2. The molecule has 0 saturated carbocycles. The zero-order chi connectivity index (χ0) is 7.23. The van der Waals surface area contributed by atoms with E-state index in [-0.39, 0.29) is 0 Å². The van der Waals surface area contributed by atoms with Crippen molar-refractivity contribution >= 4 is 11.8 Å². The Labute approximate surface area is 65.9 Å². The number of rotatable bonds is 3. The smallest absolute Gasteiger partial charge is 0.0959 e. The van der Waals surface area contributed by atoms with E-state index in [2.05, 4.69) is 11.9 Å². The van der Waals surface area contributed by atoms with Crippen molar-refractivity contribution in [3.8, 4) is 0 Å². The number of nitrogens with zero attached hydrogens (tertiary/aromatic N) is 1. The Morgan fingerprint density at radius 3 is 3.00 bits per heavy atom. The first-order valence-electron chi connectivity index (χ1n) is 3.47. The summed E-state index contributed by atoms with van der Waals surface area (Å²) in [6.07, 6.45) is 3.04. The van der Waals surface area contributed by atoms with E-state index in [0.717, 1.165) is 10.8 Å². The van der Waals surface area contributed by atoms with E-state index in [0.29, 0.717) is 0 Å². The van der Waals surface area contributed by atoms with E-state index >= 15 is 0 Å². The number of thioether (sulfide) groups is 1. The molecule has 0 aliphatic heterocycles. The van der Waals surface area contributed by atoms with Gasteiger partial charge in [0.05, 0.1) is 5.03 Å². The van der Waals surface area contributed by atoms with Crippen LogP contribution in [0.5, 0.6) is 0 Å². The van der Waals surface area contributed by atoms with Gasteiger partial charge < -0.3 is 0 Å². The van der Waals surface area contributed by atoms with Crippen LogP contribution in [0.4, 0.5) is 0 Å². The normalized spacial score (nSPS) is 9.70. The van der Waals surface area contributed by atoms with Crippen molar-refractivity contribution in [3.05, 3.63) is 24.4 Å². The Morgan fingerprint density at radius 1 is 1.50 bits per heavy atom. The summed E-state index contributed by atoms with van der Waals surface area (Å²) in [5, 5.41) is 1.13. The molecule has 1 aromatic heterocycles. The fourth-order valence-corrected chi connectivity index (χ4v) is 1.36. The molecule has 0 unspecified atom stereocenters. The first kappa shape index (κ1) is 7.61. The van der Waals surface area contributed by atoms with E-state index < -0.39 is 0 Å². The highest BCUT2D eigenvalue weighted by Gasteiger charge is 1.89. The van der Waals surface area contributed by atoms with Crippen molar-refractivity contribution < 1.29 is 0 Å². The van der Waals surface area contributed by atoms with Crippen molar-refractivity contribution in [1.82, 2.24) is 4.98 Å². The summed E-state index contributed by atoms with van der Waals surface area (Å²) >= 11 is 1.81. The topological polar surface area (TPSA) is 12.9 Å². The first-order chi connectivity index (χ1) is 4.93. The van der Waals surface area contributed by atoms with E-state index in [4.69, 9.17) is 0 Å². The second kappa shape index (κ2) is 4.34. The van der Waals surface area contributed by atoms with Crippen LogP contribution < -0.4 is 0 Å². The summed E-state index contributed by atoms with van der Waals surface area (Å²) < 4.78 is 0. The molecule has 1 heterocycles. The Morgan fingerprint density at radius 2 is 2.40 bits per heavy atom. The first-order valence-corrected chi connectivity index (χ1v) is 4.46. The molecule has 1 rings (SSSR count). The molecule has 0 radical (unpaired) electrons. The molecular weight excluding hydrogens is 142 g/mol. The average Bonchev–Trinajstić information content (AvgIpc) is 2.03. The lowest BCUT2D eigenvalue weighted by atomic mass is 10.5. The van der Waals surface area contributed by atoms with Gasteiger partial charge in [0.15, 0.2) is 0 Å². The molecule has 0 aliphatic carbocycles. The third-order valence-corrected chi connectivity index (χ3v) is 2.24. The van der Waals surface area contributed by atoms with E-state index in [9.17, 15) is 0 Å². The molecule has 0 aromatic carbocycles. The van der Waals surface area contributed by atoms with Crippen LogP contribution in [0.1, 0.15) is 13.3 Å². The third kappa shape index (κ3) is 2.40. The average molecular weight is 153 g/mol. The molecule has 0 spiro atoms. The minimum absolute atomic E-state index is 1.13. The van der Waals surface area contributed by atoms with E-state index in [1.807, 2.05) is 36.2 Å². The van der Waals surface area contributed by atoms with E-state index in [1.165, 1.54) is 6.42 Å². The Bertz CT molecular complexity index is 174. The summed E-state index contributed by atoms with van der Waals surface area (Å²) in [5.74, 6) is 1.16. The largest absolute Gasteiger partial charge is 0.250 e. The van der Waals surface area contributed by atoms with Gasteiger partial charge in [0, 0.05) is 6.20 Å². The van der Waals surface area contributed by atoms with Gasteiger partial charge in [-0.1, -0.05) is 13.0 Å². The lowest BCUT2D eigenvalue weighted by Gasteiger charge is -1.95. The molecule has 0 bridgehead atoms. The van der Waals surface area contributed by atoms with Crippen molar-refractivity contribution in [2.24, 2.45) is 0 Å². The quantitative estimate of drug-likeness (QED) is 0.619. The summed E-state index contributed by atoms with van der Waals surface area (Å²) in [5.41, 5.74) is 0. The minimum atomic E-state index is 1.13. The number of hydrogen-bond donors (Lipinski definition) is 0. The van der Waals surface area contributed by atoms with E-state index in [1.54, 1.807) is 0 Å². The van der Waals surface area contributed by atoms with Crippen LogP contribution in [0.2, 0.25) is 0 Å². The van der Waals surface area contributed by atoms with Crippen molar-refractivity contribution in [2.75, 3.05) is 5.75 Å². The van der Waals surface area contributed by atoms with Gasteiger partial charge >= 0.3 is 0 Å². The zero-order valence-electron chi connectivity index (χ0n) is 6.08. The summed E-state index contributed by atoms with van der Waals surface area (Å²) in [4.78, 5) is 4.18. The molecule has 0 aliphatic rings. The maximum atomic E-state index is 4.18. The SMILES string of the molecule is CCCSc1ccccn1. The number of pyridine rings is 1. The fourth-order valence-electron chi connectivity index (χ4n) is 0.639. The summed E-state index contributed by atoms with van der Waals surface area (Å²) in [6.45, 7) is 2.18. The van der Waals surface area contributed by atoms with Crippen LogP contribution in [0.15, 0.2) is 29.4 Å². The summed E-state index contributed by atoms with van der Waals surface area (Å²) in [6, 6.07) is 6.00. The van der Waals surface area contributed by atoms with Gasteiger partial charge in [-0.3, -0.25) is 0 Å². The molecule has 1 aromatic rings. The van der Waals surface area contributed by atoms with Crippen LogP contribution in [0.3, 0.4) is 0 Å². The lowest BCUT2D eigenvalue weighted by Crippen LogP contribution is -1.78. The highest BCUT2D eigenvalue weighted by molar-refractivity contribution is 7.99. The fraction of sp³-hybridized carbons (Fsp3) is 0.375. The number of aromatic nitrogens is 1. The third-order valence-electron chi connectivity index (χ3n) is 1.09. The molecule has 0 N–H and O–H groups in total. The molecule has 0 atom stereocenters. The van der Waals surface area contributed by atoms with Gasteiger partial charge in [0.25, 0.3) is 0 Å². The Balaban J connectivity index is 2.43. The summed E-state index contributed by atoms with van der Waals surface area (Å²) in [7, 11) is 0. The molecule has 0 amide bonds. The van der Waals surface area contributed by atoms with Gasteiger partial charge in [0.1, 0.15) is 0 Å². The van der Waals surface area contributed by atoms with Gasteiger partial charge in [-0.2, -0.15) is 0 Å². The molecule has 54 valence electrons. The second-order valence-electron chi connectivity index (χ2n) is 2.02. The molecule has 10 heavy (non-hydrogen) atoms. The molecule has 0 fully saturated rings. The lowest BCUT2D eigenvalue weighted by molar-refractivity contribution is 1.08. The molecule has 2 heteroatoms. The maximum absolute atomic E-state index is 4.18. The highest BCUT2D eigenvalue weighted by atomic mass is 32.2. The van der Waals surface area contributed by atoms with Gasteiger partial charge in [-0.05, 0) is 24.3 Å². The highest BCUT2D eigenvalue weighted by Crippen LogP contribution is 2.13. The van der Waals surface area contributed by atoms with Crippen molar-refractivity contribution in [3.63, 3.8) is 0 Å². The second-order valence-corrected chi connectivity index (χ2v) is 3.13. The predicted molar refractivity (Wildman–Crippen MR) is 45.3 cm³/mol. The van der Waals surface area contributed by atoms with Crippen LogP contribution in [0, 0.1) is 0 Å². The van der Waals surface area contributed by atoms with Gasteiger partial charge in [0.2, 0.25) is 0 Å². The Kier molecular flexibility index (Phi) is 3.30. The predicted octanol–water partition coefficient (Wildman–Crippen LogP) is 2.58. The van der Waals surface area contributed by atoms with Gasteiger partial charge in [-0.15, -0.1) is 11.8 Å². The van der Waals surface area contributed by atoms with Gasteiger partial charge in [-0.25, -0.2) is 4.98 Å². The Hall–Kier alpha value is -0.500. The molecular formula is C8H11NS. The minimum Gasteiger partial charge on any atom is -0.250 e. The van der Waals surface area contributed by atoms with Crippen molar-refractivity contribution in [2.45, 2.75) is 18.4 Å². The van der Waals surface area contributed by atoms with Crippen LogP contribution >= 0.6 is 11.8 Å². The van der Waals surface area contributed by atoms with Crippen LogP contribution in [0.25, 0.3) is 0 Å². The van der Waals surface area contributed by atoms with Crippen LogP contribution in [-0.4, -0.2) is 10.7 Å². The molecule has 1 nitrogen and oxygen atoms in total. The zero-order valence-corrected chi connectivity index (χ0v) is 6.90.